The highest BCUT2D eigenvalue weighted by molar-refractivity contribution is 7.91. The predicted octanol–water partition coefficient (Wildman–Crippen LogP) is 4.76. The minimum Gasteiger partial charge on any atom is -0.294 e. The van der Waals surface area contributed by atoms with Gasteiger partial charge >= 0.3 is 0 Å². The van der Waals surface area contributed by atoms with Crippen LogP contribution >= 0.6 is 0 Å². The summed E-state index contributed by atoms with van der Waals surface area (Å²) in [5.41, 5.74) is 2.08. The molecule has 7 heteroatoms. The Morgan fingerprint density at radius 2 is 1.66 bits per heavy atom. The van der Waals surface area contributed by atoms with Crippen molar-refractivity contribution in [2.75, 3.05) is 0 Å². The number of ketones is 1. The number of aryl methyl sites for hydroxylation is 1. The van der Waals surface area contributed by atoms with E-state index in [4.69, 9.17) is 0 Å². The first-order valence-corrected chi connectivity index (χ1v) is 11.6. The summed E-state index contributed by atoms with van der Waals surface area (Å²) in [7, 11) is -3.66. The SMILES string of the molecule is O=C(CCc1ccc(S(=O)(=O)c2cccc3ccccc23)cc1)c1cnc2[nH]ncc2c1. The number of nitrogens with zero attached hydrogens (tertiary/aromatic N) is 2. The lowest BCUT2D eigenvalue weighted by Crippen LogP contribution is -2.04. The number of sulfone groups is 1. The van der Waals surface area contributed by atoms with Crippen molar-refractivity contribution in [2.45, 2.75) is 22.6 Å². The van der Waals surface area contributed by atoms with Gasteiger partial charge in [0.1, 0.15) is 0 Å². The Kier molecular flexibility index (Phi) is 5.03. The fraction of sp³-hybridized carbons (Fsp3) is 0.0800. The second-order valence-corrected chi connectivity index (χ2v) is 9.50. The van der Waals surface area contributed by atoms with Crippen LogP contribution in [0, 0.1) is 0 Å². The lowest BCUT2D eigenvalue weighted by atomic mass is 10.0. The molecule has 158 valence electrons. The number of benzene rings is 3. The Hall–Kier alpha value is -3.84. The van der Waals surface area contributed by atoms with E-state index in [2.05, 4.69) is 15.2 Å². The van der Waals surface area contributed by atoms with Crippen LogP contribution in [0.15, 0.2) is 95.0 Å². The highest BCUT2D eigenvalue weighted by atomic mass is 32.2. The fourth-order valence-electron chi connectivity index (χ4n) is 3.78. The number of carbonyl (C=O) groups is 1. The maximum absolute atomic E-state index is 13.2. The Morgan fingerprint density at radius 3 is 2.50 bits per heavy atom. The minimum atomic E-state index is -3.66. The van der Waals surface area contributed by atoms with Gasteiger partial charge in [-0.15, -0.1) is 0 Å². The van der Waals surface area contributed by atoms with Crippen LogP contribution in [-0.2, 0) is 16.3 Å². The normalized spacial score (nSPS) is 11.8. The molecule has 32 heavy (non-hydrogen) atoms. The van der Waals surface area contributed by atoms with Crippen molar-refractivity contribution in [2.24, 2.45) is 0 Å². The highest BCUT2D eigenvalue weighted by Crippen LogP contribution is 2.28. The molecule has 0 bridgehead atoms. The lowest BCUT2D eigenvalue weighted by Gasteiger charge is -2.09. The summed E-state index contributed by atoms with van der Waals surface area (Å²) in [6.45, 7) is 0. The molecule has 0 aliphatic carbocycles. The number of nitrogens with one attached hydrogen (secondary N) is 1. The van der Waals surface area contributed by atoms with Crippen molar-refractivity contribution >= 4 is 37.4 Å². The third-order valence-corrected chi connectivity index (χ3v) is 7.35. The average molecular weight is 442 g/mol. The zero-order chi connectivity index (χ0) is 22.1. The standard InChI is InChI=1S/C25H19N3O3S/c29-23(19-14-20-16-27-28-25(20)26-15-19)13-10-17-8-11-21(12-9-17)32(30,31)24-7-3-5-18-4-1-2-6-22(18)24/h1-9,11-12,14-16H,10,13H2,(H,26,27,28). The van der Waals surface area contributed by atoms with E-state index in [0.717, 1.165) is 16.3 Å². The number of Topliss-reactive ketones (excluding diaryl/α,β-unsaturated/α-hetero) is 1. The third-order valence-electron chi connectivity index (χ3n) is 5.53. The van der Waals surface area contributed by atoms with E-state index in [1.54, 1.807) is 54.9 Å². The Bertz CT molecular complexity index is 1550. The van der Waals surface area contributed by atoms with Crippen LogP contribution in [-0.4, -0.2) is 29.4 Å². The van der Waals surface area contributed by atoms with Crippen molar-refractivity contribution in [1.82, 2.24) is 15.2 Å². The summed E-state index contributed by atoms with van der Waals surface area (Å²) in [6, 6.07) is 21.2. The van der Waals surface area contributed by atoms with Gasteiger partial charge in [0, 0.05) is 29.0 Å². The topological polar surface area (TPSA) is 92.8 Å². The van der Waals surface area contributed by atoms with E-state index in [-0.39, 0.29) is 10.7 Å². The molecular weight excluding hydrogens is 422 g/mol. The molecule has 5 aromatic rings. The summed E-state index contributed by atoms with van der Waals surface area (Å²) < 4.78 is 26.5. The van der Waals surface area contributed by atoms with Gasteiger partial charge in [0.2, 0.25) is 9.84 Å². The molecule has 0 saturated carbocycles. The summed E-state index contributed by atoms with van der Waals surface area (Å²) in [5, 5.41) is 9.05. The number of carbonyl (C=O) groups excluding carboxylic acids is 1. The van der Waals surface area contributed by atoms with Gasteiger partial charge in [-0.05, 0) is 41.6 Å². The van der Waals surface area contributed by atoms with Gasteiger partial charge in [0.25, 0.3) is 0 Å². The molecule has 1 N–H and O–H groups in total. The zero-order valence-electron chi connectivity index (χ0n) is 17.0. The summed E-state index contributed by atoms with van der Waals surface area (Å²) >= 11 is 0. The van der Waals surface area contributed by atoms with Crippen molar-refractivity contribution in [1.29, 1.82) is 0 Å². The number of H-pyrrole nitrogens is 1. The van der Waals surface area contributed by atoms with Gasteiger partial charge in [-0.1, -0.05) is 48.5 Å². The van der Waals surface area contributed by atoms with Crippen LogP contribution in [0.2, 0.25) is 0 Å². The molecule has 0 saturated heterocycles. The quantitative estimate of drug-likeness (QED) is 0.384. The Labute approximate surface area is 184 Å². The highest BCUT2D eigenvalue weighted by Gasteiger charge is 2.20. The molecule has 3 aromatic carbocycles. The lowest BCUT2D eigenvalue weighted by molar-refractivity contribution is 0.0982. The van der Waals surface area contributed by atoms with Crippen LogP contribution in [0.3, 0.4) is 0 Å². The van der Waals surface area contributed by atoms with Gasteiger partial charge in [0.15, 0.2) is 11.4 Å². The molecular formula is C25H19N3O3S. The number of aromatic amines is 1. The maximum atomic E-state index is 13.2. The molecule has 0 unspecified atom stereocenters. The zero-order valence-corrected chi connectivity index (χ0v) is 17.8. The molecule has 0 spiro atoms. The fourth-order valence-corrected chi connectivity index (χ4v) is 5.26. The van der Waals surface area contributed by atoms with Crippen molar-refractivity contribution in [3.05, 3.63) is 96.3 Å². The van der Waals surface area contributed by atoms with Gasteiger partial charge in [0.05, 0.1) is 16.0 Å². The van der Waals surface area contributed by atoms with Gasteiger partial charge in [-0.2, -0.15) is 5.10 Å². The molecule has 0 radical (unpaired) electrons. The van der Waals surface area contributed by atoms with E-state index < -0.39 is 9.84 Å². The Balaban J connectivity index is 1.34. The van der Waals surface area contributed by atoms with E-state index in [1.165, 1.54) is 0 Å². The van der Waals surface area contributed by atoms with E-state index >= 15 is 0 Å². The number of pyridine rings is 1. The van der Waals surface area contributed by atoms with Gasteiger partial charge in [-0.25, -0.2) is 13.4 Å². The molecule has 2 heterocycles. The van der Waals surface area contributed by atoms with Gasteiger partial charge < -0.3 is 0 Å². The molecule has 0 aliphatic rings. The third kappa shape index (κ3) is 3.67. The van der Waals surface area contributed by atoms with Crippen LogP contribution in [0.4, 0.5) is 0 Å². The van der Waals surface area contributed by atoms with Crippen LogP contribution in [0.1, 0.15) is 22.3 Å². The van der Waals surface area contributed by atoms with Crippen molar-refractivity contribution < 1.29 is 13.2 Å². The number of hydrogen-bond donors (Lipinski definition) is 1. The second kappa shape index (κ2) is 8.01. The maximum Gasteiger partial charge on any atom is 0.207 e. The number of rotatable bonds is 6. The number of aromatic nitrogens is 3. The molecule has 5 rings (SSSR count). The molecule has 0 aliphatic heterocycles. The molecule has 0 fully saturated rings. The van der Waals surface area contributed by atoms with E-state index in [9.17, 15) is 13.2 Å². The smallest absolute Gasteiger partial charge is 0.207 e. The van der Waals surface area contributed by atoms with Crippen LogP contribution in [0.25, 0.3) is 21.8 Å². The minimum absolute atomic E-state index is 0.0203. The number of fused-ring (bicyclic) bond motifs is 2. The summed E-state index contributed by atoms with van der Waals surface area (Å²) in [4.78, 5) is 17.3. The summed E-state index contributed by atoms with van der Waals surface area (Å²) in [5.74, 6) is -0.0203. The van der Waals surface area contributed by atoms with Crippen LogP contribution in [0.5, 0.6) is 0 Å². The van der Waals surface area contributed by atoms with Crippen molar-refractivity contribution in [3.8, 4) is 0 Å². The molecule has 2 aromatic heterocycles. The van der Waals surface area contributed by atoms with E-state index in [0.29, 0.717) is 34.3 Å². The van der Waals surface area contributed by atoms with Gasteiger partial charge in [-0.3, -0.25) is 9.89 Å². The van der Waals surface area contributed by atoms with E-state index in [1.807, 2.05) is 30.3 Å². The first-order chi connectivity index (χ1) is 15.5. The predicted molar refractivity (Wildman–Crippen MR) is 122 cm³/mol. The average Bonchev–Trinajstić information content (AvgIpc) is 3.30. The summed E-state index contributed by atoms with van der Waals surface area (Å²) in [6.07, 6.45) is 3.99. The first kappa shape index (κ1) is 20.1. The molecule has 6 nitrogen and oxygen atoms in total. The second-order valence-electron chi connectivity index (χ2n) is 7.58. The van der Waals surface area contributed by atoms with Crippen LogP contribution < -0.4 is 0 Å². The monoisotopic (exact) mass is 441 g/mol. The first-order valence-electron chi connectivity index (χ1n) is 10.2. The Morgan fingerprint density at radius 1 is 0.875 bits per heavy atom. The molecule has 0 atom stereocenters. The van der Waals surface area contributed by atoms with Crippen molar-refractivity contribution in [3.63, 3.8) is 0 Å². The molecule has 0 amide bonds. The largest absolute Gasteiger partial charge is 0.294 e. The number of hydrogen-bond acceptors (Lipinski definition) is 5.